The smallest absolute Gasteiger partial charge is 0.193 e. The normalized spacial score (nSPS) is 19.1. The van der Waals surface area contributed by atoms with Gasteiger partial charge in [0, 0.05) is 37.7 Å². The Morgan fingerprint density at radius 2 is 2.18 bits per heavy atom. The topological polar surface area (TPSA) is 51.4 Å². The highest BCUT2D eigenvalue weighted by Crippen LogP contribution is 2.24. The lowest BCUT2D eigenvalue weighted by Crippen LogP contribution is -2.48. The molecule has 22 heavy (non-hydrogen) atoms. The lowest BCUT2D eigenvalue weighted by Gasteiger charge is -2.36. The van der Waals surface area contributed by atoms with E-state index in [4.69, 9.17) is 5.26 Å². The van der Waals surface area contributed by atoms with Gasteiger partial charge in [-0.05, 0) is 23.6 Å². The second-order valence-corrected chi connectivity index (χ2v) is 7.16. The molecule has 0 spiro atoms. The van der Waals surface area contributed by atoms with E-state index in [1.165, 1.54) is 0 Å². The summed E-state index contributed by atoms with van der Waals surface area (Å²) in [5, 5.41) is 12.9. The average molecular weight is 316 g/mol. The monoisotopic (exact) mass is 316 g/mol. The molecule has 0 radical (unpaired) electrons. The Bertz CT molecular complexity index is 545. The van der Waals surface area contributed by atoms with Gasteiger partial charge >= 0.3 is 0 Å². The molecule has 0 saturated carbocycles. The first kappa shape index (κ1) is 16.7. The Hall–Kier alpha value is -1.67. The number of benzene rings is 1. The lowest BCUT2D eigenvalue weighted by molar-refractivity contribution is 0.380. The van der Waals surface area contributed by atoms with Crippen molar-refractivity contribution in [2.24, 2.45) is 10.9 Å². The van der Waals surface area contributed by atoms with Gasteiger partial charge in [0.1, 0.15) is 0 Å². The summed E-state index contributed by atoms with van der Waals surface area (Å²) >= 11 is 2.07. The van der Waals surface area contributed by atoms with Crippen LogP contribution in [0.15, 0.2) is 29.3 Å². The van der Waals surface area contributed by atoms with Gasteiger partial charge in [0.05, 0.1) is 11.6 Å². The van der Waals surface area contributed by atoms with E-state index in [-0.39, 0.29) is 0 Å². The summed E-state index contributed by atoms with van der Waals surface area (Å²) in [7, 11) is 1.84. The summed E-state index contributed by atoms with van der Waals surface area (Å²) in [4.78, 5) is 6.78. The molecule has 1 N–H and O–H groups in total. The van der Waals surface area contributed by atoms with Crippen LogP contribution in [0.5, 0.6) is 0 Å². The maximum Gasteiger partial charge on any atom is 0.193 e. The lowest BCUT2D eigenvalue weighted by atomic mass is 10.1. The van der Waals surface area contributed by atoms with Crippen molar-refractivity contribution < 1.29 is 0 Å². The van der Waals surface area contributed by atoms with Crippen LogP contribution < -0.4 is 5.32 Å². The number of thioether (sulfide) groups is 1. The SMILES string of the molecule is CN=C(NCc1ccc(C#N)cc1)N1CCSC(C(C)C)C1. The molecule has 1 heterocycles. The van der Waals surface area contributed by atoms with Crippen molar-refractivity contribution in [1.29, 1.82) is 5.26 Å². The fraction of sp³-hybridized carbons (Fsp3) is 0.529. The van der Waals surface area contributed by atoms with Gasteiger partial charge in [-0.3, -0.25) is 4.99 Å². The van der Waals surface area contributed by atoms with Crippen LogP contribution in [-0.4, -0.2) is 42.0 Å². The summed E-state index contributed by atoms with van der Waals surface area (Å²) in [5.41, 5.74) is 1.85. The minimum atomic E-state index is 0.669. The van der Waals surface area contributed by atoms with Crippen molar-refractivity contribution >= 4 is 17.7 Å². The molecule has 1 aliphatic heterocycles. The molecule has 1 aromatic rings. The zero-order valence-electron chi connectivity index (χ0n) is 13.5. The van der Waals surface area contributed by atoms with E-state index in [9.17, 15) is 0 Å². The molecule has 1 aliphatic rings. The summed E-state index contributed by atoms with van der Waals surface area (Å²) < 4.78 is 0. The van der Waals surface area contributed by atoms with Crippen LogP contribution in [0.25, 0.3) is 0 Å². The van der Waals surface area contributed by atoms with Gasteiger partial charge in [0.15, 0.2) is 5.96 Å². The number of rotatable bonds is 3. The van der Waals surface area contributed by atoms with Crippen molar-refractivity contribution in [3.8, 4) is 6.07 Å². The molecule has 1 unspecified atom stereocenters. The third kappa shape index (κ3) is 4.41. The van der Waals surface area contributed by atoms with Gasteiger partial charge in [-0.15, -0.1) is 0 Å². The van der Waals surface area contributed by atoms with E-state index in [0.29, 0.717) is 16.7 Å². The number of aliphatic imine (C=N–C) groups is 1. The average Bonchev–Trinajstić information content (AvgIpc) is 2.56. The predicted octanol–water partition coefficient (Wildman–Crippen LogP) is 2.71. The highest BCUT2D eigenvalue weighted by atomic mass is 32.2. The number of hydrogen-bond donors (Lipinski definition) is 1. The van der Waals surface area contributed by atoms with Crippen molar-refractivity contribution in [1.82, 2.24) is 10.2 Å². The van der Waals surface area contributed by atoms with Crippen LogP contribution in [0.4, 0.5) is 0 Å². The molecule has 118 valence electrons. The van der Waals surface area contributed by atoms with Crippen LogP contribution >= 0.6 is 11.8 Å². The maximum atomic E-state index is 8.83. The summed E-state index contributed by atoms with van der Waals surface area (Å²) in [6.07, 6.45) is 0. The van der Waals surface area contributed by atoms with Crippen LogP contribution in [0.1, 0.15) is 25.0 Å². The van der Waals surface area contributed by atoms with Crippen molar-refractivity contribution in [3.05, 3.63) is 35.4 Å². The zero-order chi connectivity index (χ0) is 15.9. The summed E-state index contributed by atoms with van der Waals surface area (Å²) in [6.45, 7) is 7.40. The largest absolute Gasteiger partial charge is 0.352 e. The van der Waals surface area contributed by atoms with E-state index < -0.39 is 0 Å². The number of nitrogens with zero attached hydrogens (tertiary/aromatic N) is 3. The van der Waals surface area contributed by atoms with Crippen LogP contribution in [-0.2, 0) is 6.54 Å². The van der Waals surface area contributed by atoms with E-state index >= 15 is 0 Å². The van der Waals surface area contributed by atoms with Gasteiger partial charge < -0.3 is 10.2 Å². The fourth-order valence-electron chi connectivity index (χ4n) is 2.48. The number of nitrogens with one attached hydrogen (secondary N) is 1. The summed E-state index contributed by atoms with van der Waals surface area (Å²) in [5.74, 6) is 2.81. The Morgan fingerprint density at radius 3 is 2.77 bits per heavy atom. The molecule has 1 fully saturated rings. The molecular formula is C17H24N4S. The highest BCUT2D eigenvalue weighted by molar-refractivity contribution is 8.00. The van der Waals surface area contributed by atoms with Crippen LogP contribution in [0, 0.1) is 17.2 Å². The van der Waals surface area contributed by atoms with Crippen molar-refractivity contribution in [2.45, 2.75) is 25.6 Å². The third-order valence-corrected chi connectivity index (χ3v) is 5.42. The molecule has 1 saturated heterocycles. The Kier molecular flexibility index (Phi) is 6.14. The van der Waals surface area contributed by atoms with E-state index in [1.807, 2.05) is 31.3 Å². The second-order valence-electron chi connectivity index (χ2n) is 5.81. The molecule has 0 aromatic heterocycles. The van der Waals surface area contributed by atoms with Gasteiger partial charge in [0.25, 0.3) is 0 Å². The Balaban J connectivity index is 1.93. The van der Waals surface area contributed by atoms with Crippen molar-refractivity contribution in [2.75, 3.05) is 25.9 Å². The molecule has 0 aliphatic carbocycles. The molecule has 0 bridgehead atoms. The van der Waals surface area contributed by atoms with E-state index in [0.717, 1.165) is 36.9 Å². The highest BCUT2D eigenvalue weighted by Gasteiger charge is 2.24. The molecule has 1 aromatic carbocycles. The standard InChI is InChI=1S/C17H24N4S/c1-13(2)16-12-21(8-9-22-16)17(19-3)20-11-15-6-4-14(10-18)5-7-15/h4-7,13,16H,8-9,11-12H2,1-3H3,(H,19,20). The first-order valence-corrected chi connectivity index (χ1v) is 8.75. The minimum absolute atomic E-state index is 0.669. The third-order valence-electron chi connectivity index (χ3n) is 3.88. The molecule has 5 heteroatoms. The van der Waals surface area contributed by atoms with Crippen LogP contribution in [0.2, 0.25) is 0 Å². The van der Waals surface area contributed by atoms with Gasteiger partial charge in [-0.2, -0.15) is 17.0 Å². The van der Waals surface area contributed by atoms with Gasteiger partial charge in [0.2, 0.25) is 0 Å². The van der Waals surface area contributed by atoms with E-state index in [1.54, 1.807) is 0 Å². The molecule has 1 atom stereocenters. The maximum absolute atomic E-state index is 8.83. The number of nitriles is 1. The molecule has 2 rings (SSSR count). The van der Waals surface area contributed by atoms with E-state index in [2.05, 4.69) is 46.9 Å². The van der Waals surface area contributed by atoms with Crippen molar-refractivity contribution in [3.63, 3.8) is 0 Å². The first-order chi connectivity index (χ1) is 10.6. The van der Waals surface area contributed by atoms with Crippen LogP contribution in [0.3, 0.4) is 0 Å². The molecular weight excluding hydrogens is 292 g/mol. The summed E-state index contributed by atoms with van der Waals surface area (Å²) in [6, 6.07) is 9.83. The van der Waals surface area contributed by atoms with Gasteiger partial charge in [-0.25, -0.2) is 0 Å². The Labute approximate surface area is 137 Å². The van der Waals surface area contributed by atoms with Gasteiger partial charge in [-0.1, -0.05) is 26.0 Å². The second kappa shape index (κ2) is 8.09. The zero-order valence-corrected chi connectivity index (χ0v) is 14.4. The quantitative estimate of drug-likeness (QED) is 0.688. The number of guanidine groups is 1. The first-order valence-electron chi connectivity index (χ1n) is 7.70. The molecule has 0 amide bonds. The molecule has 4 nitrogen and oxygen atoms in total. The Morgan fingerprint density at radius 1 is 1.45 bits per heavy atom. The number of hydrogen-bond acceptors (Lipinski definition) is 3. The minimum Gasteiger partial charge on any atom is -0.352 e. The predicted molar refractivity (Wildman–Crippen MR) is 94.0 cm³/mol. The fourth-order valence-corrected chi connectivity index (χ4v) is 3.78.